The van der Waals surface area contributed by atoms with E-state index in [-0.39, 0.29) is 6.01 Å². The molecule has 0 atom stereocenters. The van der Waals surface area contributed by atoms with Crippen LogP contribution in [-0.2, 0) is 0 Å². The van der Waals surface area contributed by atoms with Gasteiger partial charge in [-0.1, -0.05) is 0 Å². The highest BCUT2D eigenvalue weighted by molar-refractivity contribution is 5.82. The van der Waals surface area contributed by atoms with Gasteiger partial charge < -0.3 is 15.4 Å². The zero-order valence-electron chi connectivity index (χ0n) is 11.0. The first-order chi connectivity index (χ1) is 9.78. The summed E-state index contributed by atoms with van der Waals surface area (Å²) in [5.74, 6) is 0.835. The lowest BCUT2D eigenvalue weighted by Crippen LogP contribution is -2.05. The van der Waals surface area contributed by atoms with E-state index >= 15 is 0 Å². The Labute approximate surface area is 114 Å². The van der Waals surface area contributed by atoms with Gasteiger partial charge in [0.2, 0.25) is 11.9 Å². The number of rotatable bonds is 4. The van der Waals surface area contributed by atoms with E-state index in [1.165, 1.54) is 7.11 Å². The number of aromatic nitrogens is 5. The van der Waals surface area contributed by atoms with E-state index in [4.69, 9.17) is 4.74 Å². The molecule has 8 heteroatoms. The monoisotopic (exact) mass is 271 g/mol. The maximum Gasteiger partial charge on any atom is 0.322 e. The molecule has 3 aromatic rings. The third-order valence-electron chi connectivity index (χ3n) is 2.72. The molecule has 102 valence electrons. The third-order valence-corrected chi connectivity index (χ3v) is 2.72. The highest BCUT2D eigenvalue weighted by atomic mass is 16.5. The number of ether oxygens (including phenoxy) is 1. The van der Waals surface area contributed by atoms with Crippen LogP contribution in [0.1, 0.15) is 0 Å². The fraction of sp³-hybridized carbons (Fsp3) is 0.167. The van der Waals surface area contributed by atoms with Crippen molar-refractivity contribution in [3.8, 4) is 6.01 Å². The predicted octanol–water partition coefficient (Wildman–Crippen LogP) is 1.54. The molecular formula is C12H13N7O. The van der Waals surface area contributed by atoms with Crippen LogP contribution in [-0.4, -0.2) is 39.3 Å². The average Bonchev–Trinajstić information content (AvgIpc) is 2.94. The van der Waals surface area contributed by atoms with E-state index in [2.05, 4.69) is 35.8 Å². The van der Waals surface area contributed by atoms with Crippen LogP contribution in [0.2, 0.25) is 0 Å². The van der Waals surface area contributed by atoms with Gasteiger partial charge in [0, 0.05) is 18.1 Å². The second kappa shape index (κ2) is 5.00. The smallest absolute Gasteiger partial charge is 0.322 e. The molecule has 0 spiro atoms. The van der Waals surface area contributed by atoms with Crippen molar-refractivity contribution in [3.05, 3.63) is 24.4 Å². The Morgan fingerprint density at radius 3 is 2.80 bits per heavy atom. The minimum absolute atomic E-state index is 0.245. The molecule has 0 fully saturated rings. The number of anilines is 3. The first kappa shape index (κ1) is 12.2. The minimum atomic E-state index is 0.245. The number of H-pyrrole nitrogens is 1. The summed E-state index contributed by atoms with van der Waals surface area (Å²) in [5.41, 5.74) is 1.78. The first-order valence-corrected chi connectivity index (χ1v) is 5.96. The van der Waals surface area contributed by atoms with Crippen molar-refractivity contribution >= 4 is 28.5 Å². The Morgan fingerprint density at radius 2 is 2.00 bits per heavy atom. The number of hydrogen-bond acceptors (Lipinski definition) is 7. The number of hydrogen-bond donors (Lipinski definition) is 3. The van der Waals surface area contributed by atoms with E-state index < -0.39 is 0 Å². The van der Waals surface area contributed by atoms with Gasteiger partial charge in [0.15, 0.2) is 0 Å². The molecule has 3 N–H and O–H groups in total. The Morgan fingerprint density at radius 1 is 1.15 bits per heavy atom. The average molecular weight is 271 g/mol. The molecule has 3 rings (SSSR count). The Balaban J connectivity index is 1.92. The standard InChI is InChI=1S/C12H13N7O/c1-13-10-16-11(18-12(17-10)20-2)15-8-4-3-7-6-14-19-9(7)5-8/h3-6H,1-2H3,(H,14,19)(H2,13,15,16,17,18). The summed E-state index contributed by atoms with van der Waals surface area (Å²) in [4.78, 5) is 12.4. The summed E-state index contributed by atoms with van der Waals surface area (Å²) in [6.07, 6.45) is 1.77. The first-order valence-electron chi connectivity index (χ1n) is 5.96. The van der Waals surface area contributed by atoms with Gasteiger partial charge in [-0.25, -0.2) is 0 Å². The minimum Gasteiger partial charge on any atom is -0.467 e. The quantitative estimate of drug-likeness (QED) is 0.661. The molecule has 0 saturated heterocycles. The van der Waals surface area contributed by atoms with E-state index in [9.17, 15) is 0 Å². The van der Waals surface area contributed by atoms with Crippen LogP contribution in [0.5, 0.6) is 6.01 Å². The maximum absolute atomic E-state index is 5.03. The van der Waals surface area contributed by atoms with Gasteiger partial charge in [-0.15, -0.1) is 0 Å². The molecule has 8 nitrogen and oxygen atoms in total. The molecule has 0 amide bonds. The van der Waals surface area contributed by atoms with Crippen LogP contribution in [0.15, 0.2) is 24.4 Å². The van der Waals surface area contributed by atoms with Crippen molar-refractivity contribution in [2.24, 2.45) is 0 Å². The van der Waals surface area contributed by atoms with Crippen molar-refractivity contribution in [3.63, 3.8) is 0 Å². The maximum atomic E-state index is 5.03. The van der Waals surface area contributed by atoms with Gasteiger partial charge in [0.1, 0.15) is 0 Å². The van der Waals surface area contributed by atoms with E-state index in [0.717, 1.165) is 16.6 Å². The van der Waals surface area contributed by atoms with Gasteiger partial charge in [0.05, 0.1) is 18.8 Å². The Hall–Kier alpha value is -2.90. The van der Waals surface area contributed by atoms with Crippen LogP contribution in [0.3, 0.4) is 0 Å². The van der Waals surface area contributed by atoms with Gasteiger partial charge in [-0.2, -0.15) is 20.1 Å². The Kier molecular flexibility index (Phi) is 3.04. The molecule has 1 aromatic carbocycles. The number of methoxy groups -OCH3 is 1. The summed E-state index contributed by atoms with van der Waals surface area (Å²) >= 11 is 0. The summed E-state index contributed by atoms with van der Waals surface area (Å²) in [6, 6.07) is 6.05. The molecule has 20 heavy (non-hydrogen) atoms. The van der Waals surface area contributed by atoms with Gasteiger partial charge in [-0.05, 0) is 18.2 Å². The van der Waals surface area contributed by atoms with Crippen LogP contribution in [0.25, 0.3) is 10.9 Å². The second-order valence-corrected chi connectivity index (χ2v) is 4.02. The SMILES string of the molecule is CNc1nc(Nc2ccc3cn[nH]c3c2)nc(OC)n1. The molecule has 0 saturated carbocycles. The highest BCUT2D eigenvalue weighted by Gasteiger charge is 2.06. The zero-order chi connectivity index (χ0) is 13.9. The highest BCUT2D eigenvalue weighted by Crippen LogP contribution is 2.20. The lowest BCUT2D eigenvalue weighted by Gasteiger charge is -2.07. The molecule has 0 radical (unpaired) electrons. The topological polar surface area (TPSA) is 101 Å². The number of aromatic amines is 1. The molecule has 0 unspecified atom stereocenters. The van der Waals surface area contributed by atoms with Crippen molar-refractivity contribution in [2.45, 2.75) is 0 Å². The predicted molar refractivity (Wildman–Crippen MR) is 75.3 cm³/mol. The van der Waals surface area contributed by atoms with E-state index in [0.29, 0.717) is 11.9 Å². The number of benzene rings is 1. The normalized spacial score (nSPS) is 10.5. The van der Waals surface area contributed by atoms with Gasteiger partial charge >= 0.3 is 6.01 Å². The lowest BCUT2D eigenvalue weighted by molar-refractivity contribution is 0.379. The van der Waals surface area contributed by atoms with E-state index in [1.54, 1.807) is 13.2 Å². The zero-order valence-corrected chi connectivity index (χ0v) is 11.0. The van der Waals surface area contributed by atoms with Gasteiger partial charge in [0.25, 0.3) is 0 Å². The second-order valence-electron chi connectivity index (χ2n) is 4.02. The van der Waals surface area contributed by atoms with Crippen LogP contribution >= 0.6 is 0 Å². The summed E-state index contributed by atoms with van der Waals surface area (Å²) in [7, 11) is 3.24. The fourth-order valence-electron chi connectivity index (χ4n) is 1.76. The lowest BCUT2D eigenvalue weighted by atomic mass is 10.2. The van der Waals surface area contributed by atoms with Crippen molar-refractivity contribution in [2.75, 3.05) is 24.8 Å². The molecule has 0 aliphatic rings. The molecule has 2 aromatic heterocycles. The van der Waals surface area contributed by atoms with Crippen molar-refractivity contribution in [1.82, 2.24) is 25.1 Å². The summed E-state index contributed by atoms with van der Waals surface area (Å²) in [5, 5.41) is 13.9. The summed E-state index contributed by atoms with van der Waals surface area (Å²) < 4.78 is 5.03. The number of nitrogens with zero attached hydrogens (tertiary/aromatic N) is 4. The van der Waals surface area contributed by atoms with Crippen LogP contribution in [0, 0.1) is 0 Å². The number of nitrogens with one attached hydrogen (secondary N) is 3. The third kappa shape index (κ3) is 2.30. The van der Waals surface area contributed by atoms with Crippen molar-refractivity contribution < 1.29 is 4.74 Å². The largest absolute Gasteiger partial charge is 0.467 e. The Bertz CT molecular complexity index is 717. The number of fused-ring (bicyclic) bond motifs is 1. The fourth-order valence-corrected chi connectivity index (χ4v) is 1.76. The van der Waals surface area contributed by atoms with Crippen LogP contribution in [0.4, 0.5) is 17.6 Å². The van der Waals surface area contributed by atoms with E-state index in [1.807, 2.05) is 18.2 Å². The molecule has 0 aliphatic carbocycles. The molecule has 0 aliphatic heterocycles. The molecule has 0 bridgehead atoms. The van der Waals surface area contributed by atoms with Gasteiger partial charge in [-0.3, -0.25) is 5.10 Å². The summed E-state index contributed by atoms with van der Waals surface area (Å²) in [6.45, 7) is 0. The van der Waals surface area contributed by atoms with Crippen molar-refractivity contribution in [1.29, 1.82) is 0 Å². The van der Waals surface area contributed by atoms with Crippen LogP contribution < -0.4 is 15.4 Å². The molecule has 2 heterocycles. The molecular weight excluding hydrogens is 258 g/mol.